The van der Waals surface area contributed by atoms with E-state index in [-0.39, 0.29) is 11.7 Å². The van der Waals surface area contributed by atoms with Crippen molar-refractivity contribution in [3.05, 3.63) is 18.2 Å². The Kier molecular flexibility index (Phi) is 2.08. The van der Waals surface area contributed by atoms with Gasteiger partial charge in [0.25, 0.3) is 0 Å². The zero-order chi connectivity index (χ0) is 12.0. The Morgan fingerprint density at radius 3 is 2.76 bits per heavy atom. The monoisotopic (exact) mass is 232 g/mol. The number of likely N-dealkylation sites (N-methyl/N-ethyl adjacent to an activating group) is 1. The molecule has 2 N–H and O–H groups in total. The maximum Gasteiger partial charge on any atom is 0.250 e. The van der Waals surface area contributed by atoms with Crippen molar-refractivity contribution in [1.82, 2.24) is 0 Å². The summed E-state index contributed by atoms with van der Waals surface area (Å²) in [6.45, 7) is 0. The molecular formula is C13H16N2O2. The van der Waals surface area contributed by atoms with Gasteiger partial charge in [0.2, 0.25) is 5.91 Å². The Morgan fingerprint density at radius 1 is 1.35 bits per heavy atom. The van der Waals surface area contributed by atoms with Gasteiger partial charge in [-0.15, -0.1) is 0 Å². The van der Waals surface area contributed by atoms with Gasteiger partial charge in [0.1, 0.15) is 11.3 Å². The molecule has 17 heavy (non-hydrogen) atoms. The second-order valence-corrected chi connectivity index (χ2v) is 4.95. The van der Waals surface area contributed by atoms with E-state index in [0.717, 1.165) is 37.1 Å². The normalized spacial score (nSPS) is 21.5. The van der Waals surface area contributed by atoms with Gasteiger partial charge < -0.3 is 15.3 Å². The van der Waals surface area contributed by atoms with Gasteiger partial charge in [-0.2, -0.15) is 0 Å². The summed E-state index contributed by atoms with van der Waals surface area (Å²) in [4.78, 5) is 14.3. The van der Waals surface area contributed by atoms with Crippen LogP contribution in [0.2, 0.25) is 0 Å². The third-order valence-electron chi connectivity index (χ3n) is 4.09. The summed E-state index contributed by atoms with van der Waals surface area (Å²) in [6.07, 6.45) is 3.96. The van der Waals surface area contributed by atoms with Crippen LogP contribution >= 0.6 is 0 Å². The van der Waals surface area contributed by atoms with E-state index in [1.165, 1.54) is 0 Å². The largest absolute Gasteiger partial charge is 0.508 e. The van der Waals surface area contributed by atoms with Gasteiger partial charge in [-0.3, -0.25) is 4.79 Å². The summed E-state index contributed by atoms with van der Waals surface area (Å²) < 4.78 is 0. The first-order valence-electron chi connectivity index (χ1n) is 6.02. The van der Waals surface area contributed by atoms with E-state index in [2.05, 4.69) is 5.32 Å². The number of amides is 1. The third-order valence-corrected chi connectivity index (χ3v) is 4.09. The first-order chi connectivity index (χ1) is 8.13. The van der Waals surface area contributed by atoms with Crippen LogP contribution in [0, 0.1) is 0 Å². The molecule has 1 fully saturated rings. The summed E-state index contributed by atoms with van der Waals surface area (Å²) in [5, 5.41) is 12.5. The van der Waals surface area contributed by atoms with Crippen molar-refractivity contribution in [3.8, 4) is 5.75 Å². The average Bonchev–Trinajstić information content (AvgIpc) is 2.79. The third kappa shape index (κ3) is 1.33. The Balaban J connectivity index is 2.11. The molecule has 90 valence electrons. The van der Waals surface area contributed by atoms with E-state index < -0.39 is 5.54 Å². The molecule has 3 rings (SSSR count). The van der Waals surface area contributed by atoms with Gasteiger partial charge in [0.15, 0.2) is 0 Å². The molecule has 0 saturated heterocycles. The fourth-order valence-electron chi connectivity index (χ4n) is 3.05. The predicted molar refractivity (Wildman–Crippen MR) is 66.3 cm³/mol. The number of nitrogens with zero attached hydrogens (tertiary/aromatic N) is 1. The molecule has 0 aromatic heterocycles. The van der Waals surface area contributed by atoms with Crippen LogP contribution < -0.4 is 10.2 Å². The quantitative estimate of drug-likeness (QED) is 0.673. The van der Waals surface area contributed by atoms with Crippen molar-refractivity contribution in [2.75, 3.05) is 17.3 Å². The predicted octanol–water partition coefficient (Wildman–Crippen LogP) is 2.09. The van der Waals surface area contributed by atoms with Gasteiger partial charge in [-0.25, -0.2) is 0 Å². The van der Waals surface area contributed by atoms with Crippen LogP contribution in [-0.2, 0) is 4.79 Å². The number of phenolic OH excluding ortho intramolecular Hbond substituents is 1. The number of aromatic hydroxyl groups is 1. The number of carbonyl (C=O) groups excluding carboxylic acids is 1. The lowest BCUT2D eigenvalue weighted by atomic mass is 9.91. The highest BCUT2D eigenvalue weighted by Gasteiger charge is 2.48. The molecule has 1 aliphatic carbocycles. The summed E-state index contributed by atoms with van der Waals surface area (Å²) in [6, 6.07) is 5.06. The van der Waals surface area contributed by atoms with E-state index >= 15 is 0 Å². The molecule has 1 saturated carbocycles. The Morgan fingerprint density at radius 2 is 2.06 bits per heavy atom. The van der Waals surface area contributed by atoms with Gasteiger partial charge >= 0.3 is 0 Å². The van der Waals surface area contributed by atoms with Crippen LogP contribution in [0.4, 0.5) is 11.4 Å². The Labute approximate surface area is 100 Å². The Bertz CT molecular complexity index is 478. The molecule has 4 heteroatoms. The van der Waals surface area contributed by atoms with Crippen LogP contribution in [0.5, 0.6) is 5.75 Å². The van der Waals surface area contributed by atoms with Crippen molar-refractivity contribution >= 4 is 17.3 Å². The van der Waals surface area contributed by atoms with Gasteiger partial charge in [-0.1, -0.05) is 12.8 Å². The molecule has 0 atom stereocenters. The van der Waals surface area contributed by atoms with Crippen molar-refractivity contribution < 1.29 is 9.90 Å². The summed E-state index contributed by atoms with van der Waals surface area (Å²) >= 11 is 0. The lowest BCUT2D eigenvalue weighted by molar-refractivity contribution is -0.121. The standard InChI is InChI=1S/C13H16N2O2/c1-15-11-8-9(16)4-5-10(11)14-12(17)13(15)6-2-3-7-13/h4-5,8,16H,2-3,6-7H2,1H3,(H,14,17). The second kappa shape index (κ2) is 3.39. The second-order valence-electron chi connectivity index (χ2n) is 4.95. The van der Waals surface area contributed by atoms with Crippen LogP contribution in [0.15, 0.2) is 18.2 Å². The highest BCUT2D eigenvalue weighted by molar-refractivity contribution is 6.06. The molecule has 1 heterocycles. The van der Waals surface area contributed by atoms with E-state index in [9.17, 15) is 9.90 Å². The lowest BCUT2D eigenvalue weighted by Gasteiger charge is -2.43. The highest BCUT2D eigenvalue weighted by atomic mass is 16.3. The zero-order valence-corrected chi connectivity index (χ0v) is 9.86. The van der Waals surface area contributed by atoms with Gasteiger partial charge in [0, 0.05) is 13.1 Å². The van der Waals surface area contributed by atoms with Gasteiger partial charge in [0.05, 0.1) is 11.4 Å². The molecule has 1 aromatic rings. The molecule has 1 aliphatic heterocycles. The van der Waals surface area contributed by atoms with Crippen molar-refractivity contribution in [3.63, 3.8) is 0 Å². The average molecular weight is 232 g/mol. The topological polar surface area (TPSA) is 52.6 Å². The van der Waals surface area contributed by atoms with E-state index in [0.29, 0.717) is 0 Å². The van der Waals surface area contributed by atoms with Crippen LogP contribution in [0.25, 0.3) is 0 Å². The van der Waals surface area contributed by atoms with E-state index in [1.807, 2.05) is 11.9 Å². The highest BCUT2D eigenvalue weighted by Crippen LogP contribution is 2.44. The van der Waals surface area contributed by atoms with Crippen molar-refractivity contribution in [2.24, 2.45) is 0 Å². The number of anilines is 2. The molecule has 1 spiro atoms. The number of phenols is 1. The number of carbonyl (C=O) groups is 1. The number of hydrogen-bond acceptors (Lipinski definition) is 3. The van der Waals surface area contributed by atoms with Gasteiger partial charge in [-0.05, 0) is 25.0 Å². The van der Waals surface area contributed by atoms with Crippen LogP contribution in [0.1, 0.15) is 25.7 Å². The van der Waals surface area contributed by atoms with E-state index in [1.54, 1.807) is 18.2 Å². The maximum absolute atomic E-state index is 12.3. The maximum atomic E-state index is 12.3. The first kappa shape index (κ1) is 10.4. The fourth-order valence-corrected chi connectivity index (χ4v) is 3.05. The molecule has 0 radical (unpaired) electrons. The molecule has 0 bridgehead atoms. The summed E-state index contributed by atoms with van der Waals surface area (Å²) in [5.41, 5.74) is 1.29. The smallest absolute Gasteiger partial charge is 0.250 e. The minimum Gasteiger partial charge on any atom is -0.508 e. The van der Waals surface area contributed by atoms with E-state index in [4.69, 9.17) is 0 Å². The molecule has 1 aromatic carbocycles. The molecule has 1 amide bonds. The fraction of sp³-hybridized carbons (Fsp3) is 0.462. The zero-order valence-electron chi connectivity index (χ0n) is 9.86. The van der Waals surface area contributed by atoms with Crippen LogP contribution in [0.3, 0.4) is 0 Å². The summed E-state index contributed by atoms with van der Waals surface area (Å²) in [5.74, 6) is 0.329. The number of nitrogens with one attached hydrogen (secondary N) is 1. The molecule has 0 unspecified atom stereocenters. The number of hydrogen-bond donors (Lipinski definition) is 2. The molecule has 4 nitrogen and oxygen atoms in total. The molecule has 2 aliphatic rings. The van der Waals surface area contributed by atoms with Crippen LogP contribution in [-0.4, -0.2) is 23.6 Å². The number of rotatable bonds is 0. The minimum absolute atomic E-state index is 0.0932. The number of fused-ring (bicyclic) bond motifs is 1. The molecular weight excluding hydrogens is 216 g/mol. The lowest BCUT2D eigenvalue weighted by Crippen LogP contribution is -2.56. The summed E-state index contributed by atoms with van der Waals surface area (Å²) in [7, 11) is 1.95. The number of benzene rings is 1. The van der Waals surface area contributed by atoms with Crippen molar-refractivity contribution in [1.29, 1.82) is 0 Å². The first-order valence-corrected chi connectivity index (χ1v) is 6.02. The SMILES string of the molecule is CN1c2cc(O)ccc2NC(=O)C12CCCC2. The Hall–Kier alpha value is -1.71. The van der Waals surface area contributed by atoms with Crippen molar-refractivity contribution in [2.45, 2.75) is 31.2 Å². The minimum atomic E-state index is -0.402.